The maximum absolute atomic E-state index is 12.8. The largest absolute Gasteiger partial charge is 0.351 e. The number of hydrogen-bond donors (Lipinski definition) is 3. The van der Waals surface area contributed by atoms with Crippen molar-refractivity contribution in [1.82, 2.24) is 10.6 Å². The normalized spacial score (nSPS) is 13.1. The fourth-order valence-electron chi connectivity index (χ4n) is 3.20. The van der Waals surface area contributed by atoms with Crippen LogP contribution in [0.4, 0.5) is 4.79 Å². The molecule has 3 rings (SSSR count). The van der Waals surface area contributed by atoms with E-state index in [-0.39, 0.29) is 6.04 Å². The standard InChI is InChI=1S/C23H25N3O2S/c1-15(2)16-10-12-18(13-11-16)20(19-9-6-14-29-19)25-21(22(27)26-23(24)28)17-7-4-3-5-8-17/h3-15,20-21,25H,1-2H3,(H3,24,26,27,28)/t20-,21-/m1/s1. The summed E-state index contributed by atoms with van der Waals surface area (Å²) in [6.07, 6.45) is 0. The fourth-order valence-corrected chi connectivity index (χ4v) is 4.01. The minimum atomic E-state index is -0.869. The Morgan fingerprint density at radius 3 is 2.07 bits per heavy atom. The van der Waals surface area contributed by atoms with Crippen molar-refractivity contribution in [2.75, 3.05) is 0 Å². The number of rotatable bonds is 7. The maximum atomic E-state index is 12.8. The number of urea groups is 1. The molecule has 0 fully saturated rings. The van der Waals surface area contributed by atoms with Crippen LogP contribution in [0.2, 0.25) is 0 Å². The lowest BCUT2D eigenvalue weighted by Crippen LogP contribution is -2.44. The summed E-state index contributed by atoms with van der Waals surface area (Å²) in [7, 11) is 0. The number of amides is 3. The molecule has 6 heteroatoms. The van der Waals surface area contributed by atoms with Crippen LogP contribution in [-0.2, 0) is 4.79 Å². The average molecular weight is 408 g/mol. The summed E-state index contributed by atoms with van der Waals surface area (Å²) in [6.45, 7) is 4.31. The van der Waals surface area contributed by atoms with Gasteiger partial charge in [-0.25, -0.2) is 4.79 Å². The molecule has 0 saturated carbocycles. The molecule has 2 atom stereocenters. The highest BCUT2D eigenvalue weighted by Gasteiger charge is 2.27. The first-order chi connectivity index (χ1) is 14.0. The minimum Gasteiger partial charge on any atom is -0.351 e. The predicted molar refractivity (Wildman–Crippen MR) is 117 cm³/mol. The lowest BCUT2D eigenvalue weighted by atomic mass is 9.97. The molecule has 3 amide bonds. The second-order valence-electron chi connectivity index (χ2n) is 7.13. The van der Waals surface area contributed by atoms with Gasteiger partial charge in [-0.05, 0) is 34.1 Å². The van der Waals surface area contributed by atoms with Crippen LogP contribution in [0.3, 0.4) is 0 Å². The Morgan fingerprint density at radius 2 is 1.52 bits per heavy atom. The van der Waals surface area contributed by atoms with Crippen molar-refractivity contribution in [1.29, 1.82) is 0 Å². The summed E-state index contributed by atoms with van der Waals surface area (Å²) in [5.41, 5.74) is 8.25. The average Bonchev–Trinajstić information content (AvgIpc) is 3.23. The van der Waals surface area contributed by atoms with Gasteiger partial charge in [0.05, 0.1) is 6.04 Å². The molecule has 0 aliphatic carbocycles. The lowest BCUT2D eigenvalue weighted by Gasteiger charge is -2.25. The number of imide groups is 1. The molecular weight excluding hydrogens is 382 g/mol. The Hall–Kier alpha value is -2.96. The Bertz CT molecular complexity index is 938. The van der Waals surface area contributed by atoms with E-state index in [1.807, 2.05) is 47.8 Å². The van der Waals surface area contributed by atoms with Gasteiger partial charge in [-0.1, -0.05) is 74.5 Å². The van der Waals surface area contributed by atoms with E-state index < -0.39 is 18.0 Å². The molecule has 4 N–H and O–H groups in total. The fraction of sp³-hybridized carbons (Fsp3) is 0.217. The van der Waals surface area contributed by atoms with E-state index in [0.717, 1.165) is 16.0 Å². The van der Waals surface area contributed by atoms with Crippen LogP contribution >= 0.6 is 11.3 Å². The number of carbonyl (C=O) groups is 2. The molecule has 5 nitrogen and oxygen atoms in total. The molecule has 1 heterocycles. The zero-order valence-corrected chi connectivity index (χ0v) is 17.3. The van der Waals surface area contributed by atoms with E-state index >= 15 is 0 Å². The molecular formula is C23H25N3O2S. The molecule has 3 aromatic rings. The number of hydrogen-bond acceptors (Lipinski definition) is 4. The van der Waals surface area contributed by atoms with Crippen molar-refractivity contribution in [3.05, 3.63) is 93.7 Å². The SMILES string of the molecule is CC(C)c1ccc([C@@H](N[C@@H](C(=O)NC(N)=O)c2ccccc2)c2cccs2)cc1. The van der Waals surface area contributed by atoms with E-state index in [1.54, 1.807) is 11.3 Å². The van der Waals surface area contributed by atoms with E-state index in [2.05, 4.69) is 48.7 Å². The van der Waals surface area contributed by atoms with Gasteiger partial charge in [0.2, 0.25) is 5.91 Å². The molecule has 0 spiro atoms. The highest BCUT2D eigenvalue weighted by atomic mass is 32.1. The van der Waals surface area contributed by atoms with Gasteiger partial charge in [0.1, 0.15) is 6.04 Å². The van der Waals surface area contributed by atoms with Crippen molar-refractivity contribution in [3.63, 3.8) is 0 Å². The number of carbonyl (C=O) groups excluding carboxylic acids is 2. The van der Waals surface area contributed by atoms with Crippen LogP contribution < -0.4 is 16.4 Å². The van der Waals surface area contributed by atoms with E-state index in [9.17, 15) is 9.59 Å². The topological polar surface area (TPSA) is 84.2 Å². The molecule has 0 unspecified atom stereocenters. The summed E-state index contributed by atoms with van der Waals surface area (Å²) in [6, 6.07) is 19.9. The Balaban J connectivity index is 1.97. The number of nitrogens with two attached hydrogens (primary N) is 1. The third kappa shape index (κ3) is 5.31. The number of nitrogens with one attached hydrogen (secondary N) is 2. The maximum Gasteiger partial charge on any atom is 0.318 e. The van der Waals surface area contributed by atoms with Crippen LogP contribution in [0.1, 0.15) is 53.4 Å². The van der Waals surface area contributed by atoms with Crippen LogP contribution in [-0.4, -0.2) is 11.9 Å². The van der Waals surface area contributed by atoms with Crippen LogP contribution in [0.5, 0.6) is 0 Å². The van der Waals surface area contributed by atoms with Crippen LogP contribution in [0.15, 0.2) is 72.1 Å². The van der Waals surface area contributed by atoms with Gasteiger partial charge >= 0.3 is 6.03 Å². The van der Waals surface area contributed by atoms with Crippen molar-refractivity contribution < 1.29 is 9.59 Å². The molecule has 0 aliphatic heterocycles. The number of thiophene rings is 1. The molecule has 1 aromatic heterocycles. The van der Waals surface area contributed by atoms with Crippen molar-refractivity contribution >= 4 is 23.3 Å². The van der Waals surface area contributed by atoms with Gasteiger partial charge in [-0.15, -0.1) is 11.3 Å². The van der Waals surface area contributed by atoms with E-state index in [4.69, 9.17) is 5.73 Å². The monoisotopic (exact) mass is 407 g/mol. The molecule has 150 valence electrons. The number of primary amides is 1. The first kappa shape index (κ1) is 20.8. The quantitative estimate of drug-likeness (QED) is 0.540. The van der Waals surface area contributed by atoms with Crippen molar-refractivity contribution in [2.24, 2.45) is 5.73 Å². The summed E-state index contributed by atoms with van der Waals surface area (Å²) < 4.78 is 0. The second-order valence-corrected chi connectivity index (χ2v) is 8.11. The molecule has 0 aliphatic rings. The summed E-state index contributed by atoms with van der Waals surface area (Å²) in [4.78, 5) is 25.1. The van der Waals surface area contributed by atoms with Gasteiger partial charge in [0.25, 0.3) is 0 Å². The van der Waals surface area contributed by atoms with Crippen molar-refractivity contribution in [2.45, 2.75) is 31.8 Å². The molecule has 0 saturated heterocycles. The van der Waals surface area contributed by atoms with Gasteiger partial charge in [0, 0.05) is 4.88 Å². The van der Waals surface area contributed by atoms with Gasteiger partial charge in [-0.2, -0.15) is 0 Å². The first-order valence-corrected chi connectivity index (χ1v) is 10.4. The Kier molecular flexibility index (Phi) is 6.80. The smallest absolute Gasteiger partial charge is 0.318 e. The van der Waals surface area contributed by atoms with Crippen LogP contribution in [0, 0.1) is 0 Å². The second kappa shape index (κ2) is 9.49. The Morgan fingerprint density at radius 1 is 0.862 bits per heavy atom. The predicted octanol–water partition coefficient (Wildman–Crippen LogP) is 4.49. The minimum absolute atomic E-state index is 0.208. The third-order valence-corrected chi connectivity index (χ3v) is 5.68. The first-order valence-electron chi connectivity index (χ1n) is 9.50. The number of benzene rings is 2. The highest BCUT2D eigenvalue weighted by Crippen LogP contribution is 2.30. The van der Waals surface area contributed by atoms with Crippen LogP contribution in [0.25, 0.3) is 0 Å². The van der Waals surface area contributed by atoms with Gasteiger partial charge in [0.15, 0.2) is 0 Å². The molecule has 0 radical (unpaired) electrons. The zero-order chi connectivity index (χ0) is 20.8. The Labute approximate surface area is 175 Å². The highest BCUT2D eigenvalue weighted by molar-refractivity contribution is 7.10. The summed E-state index contributed by atoms with van der Waals surface area (Å²) in [5.74, 6) is -0.0420. The summed E-state index contributed by atoms with van der Waals surface area (Å²) in [5, 5.41) is 7.65. The van der Waals surface area contributed by atoms with Gasteiger partial charge < -0.3 is 5.73 Å². The third-order valence-electron chi connectivity index (χ3n) is 4.74. The van der Waals surface area contributed by atoms with E-state index in [1.165, 1.54) is 5.56 Å². The van der Waals surface area contributed by atoms with Gasteiger partial charge in [-0.3, -0.25) is 15.4 Å². The molecule has 29 heavy (non-hydrogen) atoms. The van der Waals surface area contributed by atoms with Crippen molar-refractivity contribution in [3.8, 4) is 0 Å². The summed E-state index contributed by atoms with van der Waals surface area (Å²) >= 11 is 1.61. The van der Waals surface area contributed by atoms with E-state index in [0.29, 0.717) is 5.92 Å². The zero-order valence-electron chi connectivity index (χ0n) is 16.5. The lowest BCUT2D eigenvalue weighted by molar-refractivity contribution is -0.122. The molecule has 0 bridgehead atoms. The molecule has 2 aromatic carbocycles.